The number of non-ortho nitro benzene ring substituents is 1. The van der Waals surface area contributed by atoms with Crippen molar-refractivity contribution in [2.45, 2.75) is 0 Å². The lowest BCUT2D eigenvalue weighted by Gasteiger charge is -2.36. The zero-order chi connectivity index (χ0) is 17.1. The van der Waals surface area contributed by atoms with E-state index < -0.39 is 4.92 Å². The first-order valence-electron chi connectivity index (χ1n) is 7.59. The summed E-state index contributed by atoms with van der Waals surface area (Å²) in [5, 5.41) is 10.8. The molecule has 0 radical (unpaired) electrons. The number of nitrogens with zero attached hydrogens (tertiary/aromatic N) is 3. The van der Waals surface area contributed by atoms with E-state index in [1.165, 1.54) is 30.3 Å². The van der Waals surface area contributed by atoms with Crippen molar-refractivity contribution >= 4 is 17.3 Å². The van der Waals surface area contributed by atoms with Crippen molar-refractivity contribution < 1.29 is 14.1 Å². The van der Waals surface area contributed by atoms with Crippen molar-refractivity contribution in [1.82, 2.24) is 4.90 Å². The highest BCUT2D eigenvalue weighted by Gasteiger charge is 2.23. The molecule has 6 nitrogen and oxygen atoms in total. The van der Waals surface area contributed by atoms with E-state index in [0.29, 0.717) is 31.7 Å². The number of amides is 1. The second kappa shape index (κ2) is 6.66. The number of hydrogen-bond donors (Lipinski definition) is 0. The molecule has 0 aliphatic carbocycles. The van der Waals surface area contributed by atoms with Gasteiger partial charge in [0.2, 0.25) is 0 Å². The second-order valence-electron chi connectivity index (χ2n) is 5.56. The van der Waals surface area contributed by atoms with E-state index in [2.05, 4.69) is 4.90 Å². The van der Waals surface area contributed by atoms with E-state index in [-0.39, 0.29) is 17.4 Å². The minimum absolute atomic E-state index is 0.0919. The maximum Gasteiger partial charge on any atom is 0.270 e. The normalized spacial score (nSPS) is 14.5. The van der Waals surface area contributed by atoms with E-state index >= 15 is 0 Å². The second-order valence-corrected chi connectivity index (χ2v) is 5.56. The van der Waals surface area contributed by atoms with Gasteiger partial charge in [-0.1, -0.05) is 6.07 Å². The topological polar surface area (TPSA) is 66.7 Å². The summed E-state index contributed by atoms with van der Waals surface area (Å²) in [4.78, 5) is 26.6. The van der Waals surface area contributed by atoms with Crippen molar-refractivity contribution in [3.63, 3.8) is 0 Å². The van der Waals surface area contributed by atoms with Gasteiger partial charge in [0.25, 0.3) is 11.6 Å². The molecule has 3 rings (SSSR count). The number of nitro benzene ring substituents is 1. The van der Waals surface area contributed by atoms with Crippen LogP contribution >= 0.6 is 0 Å². The third-order valence-corrected chi connectivity index (χ3v) is 4.06. The molecule has 1 fully saturated rings. The molecule has 0 bridgehead atoms. The monoisotopic (exact) mass is 329 g/mol. The van der Waals surface area contributed by atoms with Gasteiger partial charge in [0, 0.05) is 49.6 Å². The van der Waals surface area contributed by atoms with Crippen LogP contribution in [0, 0.1) is 15.9 Å². The van der Waals surface area contributed by atoms with Gasteiger partial charge in [-0.25, -0.2) is 4.39 Å². The molecule has 124 valence electrons. The molecule has 0 spiro atoms. The van der Waals surface area contributed by atoms with Crippen LogP contribution in [0.15, 0.2) is 48.5 Å². The largest absolute Gasteiger partial charge is 0.368 e. The van der Waals surface area contributed by atoms with Gasteiger partial charge in [0.05, 0.1) is 4.92 Å². The Morgan fingerprint density at radius 1 is 1.04 bits per heavy atom. The van der Waals surface area contributed by atoms with Crippen LogP contribution in [0.25, 0.3) is 0 Å². The summed E-state index contributed by atoms with van der Waals surface area (Å²) >= 11 is 0. The Hall–Kier alpha value is -2.96. The first-order chi connectivity index (χ1) is 11.5. The van der Waals surface area contributed by atoms with Crippen molar-refractivity contribution in [2.24, 2.45) is 0 Å². The average Bonchev–Trinajstić information content (AvgIpc) is 2.62. The maximum atomic E-state index is 13.0. The van der Waals surface area contributed by atoms with Crippen molar-refractivity contribution in [3.8, 4) is 0 Å². The summed E-state index contributed by atoms with van der Waals surface area (Å²) in [6, 6.07) is 12.0. The number of carbonyl (C=O) groups is 1. The molecule has 1 aliphatic heterocycles. The predicted octanol–water partition coefficient (Wildman–Crippen LogP) is 2.70. The number of piperazine rings is 1. The third kappa shape index (κ3) is 3.34. The molecule has 1 aliphatic rings. The van der Waals surface area contributed by atoms with E-state index in [1.54, 1.807) is 23.1 Å². The first kappa shape index (κ1) is 15.9. The van der Waals surface area contributed by atoms with Gasteiger partial charge in [-0.2, -0.15) is 0 Å². The standard InChI is InChI=1S/C17H16FN3O3/c18-14-4-6-15(7-5-14)19-8-10-20(11-9-19)17(22)13-2-1-3-16(12-13)21(23)24/h1-7,12H,8-11H2. The number of rotatable bonds is 3. The van der Waals surface area contributed by atoms with Crippen molar-refractivity contribution in [2.75, 3.05) is 31.1 Å². The molecule has 1 saturated heterocycles. The average molecular weight is 329 g/mol. The van der Waals surface area contributed by atoms with E-state index in [1.807, 2.05) is 0 Å². The van der Waals surface area contributed by atoms with Gasteiger partial charge in [0.1, 0.15) is 5.82 Å². The highest BCUT2D eigenvalue weighted by Crippen LogP contribution is 2.19. The highest BCUT2D eigenvalue weighted by molar-refractivity contribution is 5.95. The molecule has 1 heterocycles. The molecule has 1 amide bonds. The SMILES string of the molecule is O=C(c1cccc([N+](=O)[O-])c1)N1CCN(c2ccc(F)cc2)CC1. The van der Waals surface area contributed by atoms with Crippen molar-refractivity contribution in [1.29, 1.82) is 0 Å². The minimum Gasteiger partial charge on any atom is -0.368 e. The van der Waals surface area contributed by atoms with Gasteiger partial charge < -0.3 is 9.80 Å². The Balaban J connectivity index is 1.66. The lowest BCUT2D eigenvalue weighted by Crippen LogP contribution is -2.48. The van der Waals surface area contributed by atoms with Crippen LogP contribution in [0.3, 0.4) is 0 Å². The fourth-order valence-corrected chi connectivity index (χ4v) is 2.75. The zero-order valence-corrected chi connectivity index (χ0v) is 12.9. The number of hydrogen-bond acceptors (Lipinski definition) is 4. The molecule has 2 aromatic rings. The molecule has 0 saturated carbocycles. The fourth-order valence-electron chi connectivity index (χ4n) is 2.75. The molecule has 2 aromatic carbocycles. The van der Waals surface area contributed by atoms with Gasteiger partial charge in [-0.05, 0) is 30.3 Å². The number of carbonyl (C=O) groups excluding carboxylic acids is 1. The van der Waals surface area contributed by atoms with Crippen LogP contribution in [0.2, 0.25) is 0 Å². The molecule has 0 atom stereocenters. The Morgan fingerprint density at radius 2 is 1.71 bits per heavy atom. The van der Waals surface area contributed by atoms with Crippen molar-refractivity contribution in [3.05, 3.63) is 70.0 Å². The summed E-state index contributed by atoms with van der Waals surface area (Å²) in [6.07, 6.45) is 0. The smallest absolute Gasteiger partial charge is 0.270 e. The zero-order valence-electron chi connectivity index (χ0n) is 12.9. The van der Waals surface area contributed by atoms with Crippen LogP contribution in [-0.2, 0) is 0 Å². The molecule has 24 heavy (non-hydrogen) atoms. The number of halogens is 1. The van der Waals surface area contributed by atoms with Crippen LogP contribution < -0.4 is 4.90 Å². The van der Waals surface area contributed by atoms with Gasteiger partial charge in [-0.15, -0.1) is 0 Å². The molecular weight excluding hydrogens is 313 g/mol. The molecule has 0 N–H and O–H groups in total. The lowest BCUT2D eigenvalue weighted by atomic mass is 10.1. The Kier molecular flexibility index (Phi) is 4.41. The summed E-state index contributed by atoms with van der Waals surface area (Å²) in [7, 11) is 0. The maximum absolute atomic E-state index is 13.0. The highest BCUT2D eigenvalue weighted by atomic mass is 19.1. The van der Waals surface area contributed by atoms with Crippen LogP contribution in [0.1, 0.15) is 10.4 Å². The van der Waals surface area contributed by atoms with Gasteiger partial charge in [0.15, 0.2) is 0 Å². The summed E-state index contributed by atoms with van der Waals surface area (Å²) < 4.78 is 13.0. The van der Waals surface area contributed by atoms with Gasteiger partial charge in [-0.3, -0.25) is 14.9 Å². The third-order valence-electron chi connectivity index (χ3n) is 4.06. The Morgan fingerprint density at radius 3 is 2.33 bits per heavy atom. The quantitative estimate of drug-likeness (QED) is 0.641. The Bertz CT molecular complexity index is 756. The fraction of sp³-hybridized carbons (Fsp3) is 0.235. The lowest BCUT2D eigenvalue weighted by molar-refractivity contribution is -0.384. The molecule has 7 heteroatoms. The number of anilines is 1. The van der Waals surface area contributed by atoms with E-state index in [0.717, 1.165) is 5.69 Å². The summed E-state index contributed by atoms with van der Waals surface area (Å²) in [5.74, 6) is -0.490. The minimum atomic E-state index is -0.511. The molecular formula is C17H16FN3O3. The first-order valence-corrected chi connectivity index (χ1v) is 7.59. The predicted molar refractivity (Wildman–Crippen MR) is 87.6 cm³/mol. The van der Waals surface area contributed by atoms with Crippen LogP contribution in [0.4, 0.5) is 15.8 Å². The number of nitro groups is 1. The number of benzene rings is 2. The van der Waals surface area contributed by atoms with Crippen LogP contribution in [-0.4, -0.2) is 41.9 Å². The van der Waals surface area contributed by atoms with Crippen LogP contribution in [0.5, 0.6) is 0 Å². The Labute approximate surface area is 138 Å². The molecule has 0 unspecified atom stereocenters. The molecule has 0 aromatic heterocycles. The van der Waals surface area contributed by atoms with E-state index in [9.17, 15) is 19.3 Å². The van der Waals surface area contributed by atoms with E-state index in [4.69, 9.17) is 0 Å². The summed E-state index contributed by atoms with van der Waals surface area (Å²) in [5.41, 5.74) is 1.14. The van der Waals surface area contributed by atoms with Gasteiger partial charge >= 0.3 is 0 Å². The summed E-state index contributed by atoms with van der Waals surface area (Å²) in [6.45, 7) is 2.29.